The van der Waals surface area contributed by atoms with E-state index in [9.17, 15) is 0 Å². The fraction of sp³-hybridized carbons (Fsp3) is 0.429. The van der Waals surface area contributed by atoms with Crippen LogP contribution in [0.2, 0.25) is 0 Å². The maximum absolute atomic E-state index is 5.33. The molecule has 1 aliphatic heterocycles. The molecular weight excluding hydrogens is 346 g/mol. The zero-order chi connectivity index (χ0) is 5.28. The predicted octanol–water partition coefficient (Wildman–Crippen LogP) is 1.20. The molecule has 1 saturated heterocycles. The van der Waals surface area contributed by atoms with E-state index in [1.54, 1.807) is 0 Å². The molecule has 1 rings (SSSR count). The van der Waals surface area contributed by atoms with Crippen LogP contribution in [0.25, 0.3) is 0 Å². The van der Waals surface area contributed by atoms with Gasteiger partial charge in [-0.25, -0.2) is 0 Å². The van der Waals surface area contributed by atoms with Crippen molar-refractivity contribution in [1.29, 1.82) is 0 Å². The summed E-state index contributed by atoms with van der Waals surface area (Å²) in [5.74, 6) is 0. The van der Waals surface area contributed by atoms with Crippen molar-refractivity contribution in [2.75, 3.05) is 0 Å². The molecule has 2 atom stereocenters. The van der Waals surface area contributed by atoms with Crippen LogP contribution in [0.15, 0.2) is 0 Å². The van der Waals surface area contributed by atoms with Gasteiger partial charge >= 0.3 is 39.6 Å². The van der Waals surface area contributed by atoms with Gasteiger partial charge in [-0.15, -0.1) is 0 Å². The third kappa shape index (κ3) is 9.21. The van der Waals surface area contributed by atoms with Gasteiger partial charge in [-0.3, -0.25) is 0 Å². The molecule has 0 unspecified atom stereocenters. The van der Waals surface area contributed by atoms with Crippen LogP contribution >= 0.6 is 0 Å². The van der Waals surface area contributed by atoms with E-state index in [0.29, 0.717) is 0 Å². The predicted molar refractivity (Wildman–Crippen MR) is 41.5 cm³/mol. The molecule has 4 heteroatoms. The van der Waals surface area contributed by atoms with Crippen molar-refractivity contribution in [3.8, 4) is 0 Å². The van der Waals surface area contributed by atoms with Gasteiger partial charge in [0.15, 0.2) is 0 Å². The smallest absolute Gasteiger partial charge is 0.450 e. The van der Waals surface area contributed by atoms with Gasteiger partial charge in [-0.2, -0.15) is 12.5 Å². The first-order valence-electron chi connectivity index (χ1n) is 2.36. The molecule has 0 aliphatic carbocycles. The topological polar surface area (TPSA) is 9.23 Å². The molecule has 0 amide bonds. The van der Waals surface area contributed by atoms with Crippen molar-refractivity contribution in [3.05, 3.63) is 28.2 Å². The Balaban J connectivity index is -0.0000000612. The summed E-state index contributed by atoms with van der Waals surface area (Å²) < 4.78 is 4.97. The van der Waals surface area contributed by atoms with Crippen molar-refractivity contribution in [3.63, 3.8) is 0 Å². The molecule has 1 nitrogen and oxygen atoms in total. The molecular formula is C7H13BOVW. The molecule has 0 saturated carbocycles. The summed E-state index contributed by atoms with van der Waals surface area (Å²) in [7, 11) is 5.33. The molecule has 0 bridgehead atoms. The average molecular weight is 359 g/mol. The van der Waals surface area contributed by atoms with Crippen LogP contribution < -0.4 is 0 Å². The minimum Gasteiger partial charge on any atom is -0.450 e. The van der Waals surface area contributed by atoms with E-state index < -0.39 is 0 Å². The van der Waals surface area contributed by atoms with Crippen LogP contribution in [0.3, 0.4) is 0 Å². The van der Waals surface area contributed by atoms with Gasteiger partial charge < -0.3 is 32.9 Å². The molecule has 0 aromatic carbocycles. The molecule has 61 valence electrons. The first-order chi connectivity index (χ1) is 3.29. The quantitative estimate of drug-likeness (QED) is 0.467. The minimum absolute atomic E-state index is 0. The number of rotatable bonds is 0. The van der Waals surface area contributed by atoms with E-state index >= 15 is 0 Å². The van der Waals surface area contributed by atoms with Gasteiger partial charge in [0.25, 0.3) is 0 Å². The van der Waals surface area contributed by atoms with Crippen molar-refractivity contribution < 1.29 is 44.4 Å². The van der Waals surface area contributed by atoms with Crippen LogP contribution in [-0.2, 0) is 44.4 Å². The minimum atomic E-state index is -0.0949. The maximum atomic E-state index is 5.33. The van der Waals surface area contributed by atoms with Gasteiger partial charge in [-0.05, 0) is 6.00 Å². The van der Waals surface area contributed by atoms with Crippen LogP contribution in [0.1, 0.15) is 6.42 Å². The Bertz CT molecular complexity index is 67.5. The van der Waals surface area contributed by atoms with E-state index in [-0.39, 0.29) is 66.6 Å². The number of hydrogen-bond acceptors (Lipinski definition) is 1. The third-order valence-corrected chi connectivity index (χ3v) is 0.981. The summed E-state index contributed by atoms with van der Waals surface area (Å²) in [6.07, 6.45) is 2.83. The Kier molecular flexibility index (Phi) is 23.4. The standard InChI is InChI=1S/C5H7BO.2CH3.V.W/c1-4-2-3-5(6)7-4;;;;/h2,4-5H,1,3H2;2*1H3;;/q-2;2*-1;2*+2/t4-,5-;;;;/m1..../s1. The van der Waals surface area contributed by atoms with Crippen molar-refractivity contribution in [1.82, 2.24) is 0 Å². The summed E-state index contributed by atoms with van der Waals surface area (Å²) in [5.41, 5.74) is 0. The molecule has 0 N–H and O–H groups in total. The summed E-state index contributed by atoms with van der Waals surface area (Å²) in [5, 5.41) is 0. The Morgan fingerprint density at radius 1 is 1.45 bits per heavy atom. The fourth-order valence-corrected chi connectivity index (χ4v) is 0.622. The van der Waals surface area contributed by atoms with Crippen LogP contribution in [0.4, 0.5) is 0 Å². The zero-order valence-corrected chi connectivity index (χ0v) is 11.3. The Morgan fingerprint density at radius 2 is 1.91 bits per heavy atom. The first-order valence-corrected chi connectivity index (χ1v) is 2.36. The first kappa shape index (κ1) is 22.8. The molecule has 3 radical (unpaired) electrons. The molecule has 1 aliphatic rings. The monoisotopic (exact) mass is 359 g/mol. The van der Waals surface area contributed by atoms with Gasteiger partial charge in [0.05, 0.1) is 0 Å². The second-order valence-corrected chi connectivity index (χ2v) is 1.68. The maximum Gasteiger partial charge on any atom is 2.00 e. The zero-order valence-electron chi connectivity index (χ0n) is 6.99. The third-order valence-electron chi connectivity index (χ3n) is 0.981. The van der Waals surface area contributed by atoms with Crippen molar-refractivity contribution in [2.45, 2.75) is 18.5 Å². The molecule has 11 heavy (non-hydrogen) atoms. The molecule has 0 aromatic rings. The number of ether oxygens (including phenoxy) is 1. The second kappa shape index (κ2) is 11.3. The van der Waals surface area contributed by atoms with Crippen molar-refractivity contribution >= 4 is 7.85 Å². The van der Waals surface area contributed by atoms with Gasteiger partial charge in [0.2, 0.25) is 0 Å². The van der Waals surface area contributed by atoms with E-state index in [4.69, 9.17) is 12.6 Å². The van der Waals surface area contributed by atoms with Gasteiger partial charge in [0, 0.05) is 0 Å². The summed E-state index contributed by atoms with van der Waals surface area (Å²) in [6, 6.07) is -0.0949. The van der Waals surface area contributed by atoms with Gasteiger partial charge in [0.1, 0.15) is 7.85 Å². The molecule has 0 aromatic heterocycles. The Morgan fingerprint density at radius 3 is 2.00 bits per heavy atom. The van der Waals surface area contributed by atoms with E-state index in [0.717, 1.165) is 6.42 Å². The summed E-state index contributed by atoms with van der Waals surface area (Å²) in [6.45, 7) is 3.63. The summed E-state index contributed by atoms with van der Waals surface area (Å²) in [4.78, 5) is 0. The molecule has 1 fully saturated rings. The second-order valence-electron chi connectivity index (χ2n) is 1.68. The number of hydrogen-bond donors (Lipinski definition) is 0. The average Bonchev–Trinajstić information content (AvgIpc) is 1.87. The normalized spacial score (nSPS) is 26.6. The Labute approximate surface area is 98.6 Å². The Hall–Kier alpha value is 1.30. The van der Waals surface area contributed by atoms with Crippen LogP contribution in [-0.4, -0.2) is 20.0 Å². The SMILES string of the molecule is [B][C@H]1C[CH-][C@@H]([CH2-])O1.[CH3-].[CH3-].[V+2].[W+2]. The van der Waals surface area contributed by atoms with Crippen LogP contribution in [0, 0.1) is 28.2 Å². The van der Waals surface area contributed by atoms with E-state index in [1.165, 1.54) is 0 Å². The van der Waals surface area contributed by atoms with Crippen molar-refractivity contribution in [2.24, 2.45) is 0 Å². The largest absolute Gasteiger partial charge is 2.00 e. The van der Waals surface area contributed by atoms with E-state index in [2.05, 4.69) is 6.92 Å². The van der Waals surface area contributed by atoms with Gasteiger partial charge in [-0.1, -0.05) is 0 Å². The fourth-order valence-electron chi connectivity index (χ4n) is 0.622. The molecule has 1 heterocycles. The molecule has 0 spiro atoms. The summed E-state index contributed by atoms with van der Waals surface area (Å²) >= 11 is 0. The van der Waals surface area contributed by atoms with E-state index in [1.807, 2.05) is 6.42 Å². The van der Waals surface area contributed by atoms with Crippen LogP contribution in [0.5, 0.6) is 0 Å².